The lowest BCUT2D eigenvalue weighted by Crippen LogP contribution is -2.41. The SMILES string of the molecule is O=C(CC[C@H](NC(=O)c1c(Cl)cc(-c2ccc3c(c2)CN=C3)cc1Cl)C(=O)O)CNC(=O)c1cccc(CC2=NCC(F)CC2)c1. The fourth-order valence-corrected chi connectivity index (χ4v) is 5.99. The van der Waals surface area contributed by atoms with Crippen molar-refractivity contribution in [2.75, 3.05) is 13.1 Å². The topological polar surface area (TPSA) is 137 Å². The van der Waals surface area contributed by atoms with Gasteiger partial charge >= 0.3 is 5.97 Å². The number of nitrogens with zero attached hydrogens (tertiary/aromatic N) is 2. The Morgan fingerprint density at radius 2 is 1.78 bits per heavy atom. The molecule has 1 unspecified atom stereocenters. The number of Topliss-reactive ketones (excluding diaryl/α,β-unsaturated/α-hetero) is 1. The van der Waals surface area contributed by atoms with E-state index in [9.17, 15) is 28.7 Å². The third-order valence-corrected chi connectivity index (χ3v) is 8.45. The maximum absolute atomic E-state index is 13.4. The van der Waals surface area contributed by atoms with Gasteiger partial charge in [-0.1, -0.05) is 47.5 Å². The van der Waals surface area contributed by atoms with Crippen molar-refractivity contribution in [2.24, 2.45) is 9.98 Å². The molecule has 12 heteroatoms. The molecule has 2 aliphatic rings. The van der Waals surface area contributed by atoms with Crippen molar-refractivity contribution in [2.45, 2.75) is 50.9 Å². The van der Waals surface area contributed by atoms with Gasteiger partial charge in [-0.2, -0.15) is 0 Å². The van der Waals surface area contributed by atoms with Crippen LogP contribution >= 0.6 is 23.2 Å². The van der Waals surface area contributed by atoms with E-state index in [4.69, 9.17) is 23.2 Å². The molecule has 0 aromatic heterocycles. The number of fused-ring (bicyclic) bond motifs is 1. The number of hydrogen-bond acceptors (Lipinski definition) is 6. The summed E-state index contributed by atoms with van der Waals surface area (Å²) < 4.78 is 13.4. The van der Waals surface area contributed by atoms with Crippen LogP contribution in [-0.2, 0) is 22.6 Å². The van der Waals surface area contributed by atoms with Gasteiger partial charge < -0.3 is 15.7 Å². The minimum Gasteiger partial charge on any atom is -0.480 e. The monoisotopic (exact) mass is 664 g/mol. The van der Waals surface area contributed by atoms with Crippen LogP contribution in [0.25, 0.3) is 11.1 Å². The molecule has 2 atom stereocenters. The molecular formula is C34H31Cl2FN4O5. The smallest absolute Gasteiger partial charge is 0.326 e. The first-order chi connectivity index (χ1) is 22.1. The van der Waals surface area contributed by atoms with Crippen molar-refractivity contribution >= 4 is 58.7 Å². The van der Waals surface area contributed by atoms with Gasteiger partial charge in [-0.25, -0.2) is 9.18 Å². The van der Waals surface area contributed by atoms with Crippen molar-refractivity contribution in [3.63, 3.8) is 0 Å². The number of hydrogen-bond donors (Lipinski definition) is 3. The Balaban J connectivity index is 1.14. The Morgan fingerprint density at radius 3 is 2.50 bits per heavy atom. The lowest BCUT2D eigenvalue weighted by atomic mass is 9.99. The number of amides is 2. The third-order valence-electron chi connectivity index (χ3n) is 7.86. The molecule has 2 heterocycles. The van der Waals surface area contributed by atoms with Crippen LogP contribution in [0.3, 0.4) is 0 Å². The number of rotatable bonds is 12. The van der Waals surface area contributed by atoms with Crippen LogP contribution < -0.4 is 10.6 Å². The van der Waals surface area contributed by atoms with E-state index in [-0.39, 0.29) is 41.5 Å². The molecule has 0 fully saturated rings. The van der Waals surface area contributed by atoms with Gasteiger partial charge in [0.15, 0.2) is 5.78 Å². The predicted octanol–water partition coefficient (Wildman–Crippen LogP) is 5.67. The number of aliphatic carboxylic acids is 1. The van der Waals surface area contributed by atoms with Crippen LogP contribution in [0, 0.1) is 0 Å². The van der Waals surface area contributed by atoms with Crippen LogP contribution in [0.15, 0.2) is 64.6 Å². The molecule has 2 aliphatic heterocycles. The highest BCUT2D eigenvalue weighted by Gasteiger charge is 2.25. The second-order valence-electron chi connectivity index (χ2n) is 11.2. The summed E-state index contributed by atoms with van der Waals surface area (Å²) in [5.41, 5.74) is 5.62. The van der Waals surface area contributed by atoms with E-state index >= 15 is 0 Å². The maximum atomic E-state index is 13.4. The number of carbonyl (C=O) groups excluding carboxylic acids is 3. The number of carboxylic acid groups (broad SMARTS) is 1. The van der Waals surface area contributed by atoms with E-state index in [2.05, 4.69) is 20.6 Å². The van der Waals surface area contributed by atoms with Crippen LogP contribution in [0.1, 0.15) is 63.1 Å². The van der Waals surface area contributed by atoms with Gasteiger partial charge in [0.2, 0.25) is 0 Å². The van der Waals surface area contributed by atoms with Crippen molar-refractivity contribution in [1.29, 1.82) is 0 Å². The van der Waals surface area contributed by atoms with Crippen molar-refractivity contribution in [3.8, 4) is 11.1 Å². The second kappa shape index (κ2) is 14.8. The quantitative estimate of drug-likeness (QED) is 0.229. The molecular weight excluding hydrogens is 634 g/mol. The fraction of sp³-hybridized carbons (Fsp3) is 0.294. The molecule has 0 saturated carbocycles. The summed E-state index contributed by atoms with van der Waals surface area (Å²) in [5.74, 6) is -3.01. The Morgan fingerprint density at radius 1 is 1.00 bits per heavy atom. The third kappa shape index (κ3) is 8.24. The predicted molar refractivity (Wildman–Crippen MR) is 175 cm³/mol. The zero-order valence-corrected chi connectivity index (χ0v) is 26.2. The Kier molecular flexibility index (Phi) is 10.6. The van der Waals surface area contributed by atoms with Crippen molar-refractivity contribution in [3.05, 3.63) is 92.5 Å². The minimum absolute atomic E-state index is 0.0453. The van der Waals surface area contributed by atoms with Crippen LogP contribution in [-0.4, -0.2) is 65.9 Å². The van der Waals surface area contributed by atoms with E-state index < -0.39 is 35.8 Å². The Hall–Kier alpha value is -4.41. The number of ketones is 1. The highest BCUT2D eigenvalue weighted by Crippen LogP contribution is 2.33. The van der Waals surface area contributed by atoms with E-state index in [0.717, 1.165) is 28.0 Å². The summed E-state index contributed by atoms with van der Waals surface area (Å²) in [5, 5.41) is 14.8. The Bertz CT molecular complexity index is 1740. The first kappa shape index (κ1) is 33.0. The molecule has 9 nitrogen and oxygen atoms in total. The zero-order valence-electron chi connectivity index (χ0n) is 24.7. The normalized spacial score (nSPS) is 15.9. The van der Waals surface area contributed by atoms with E-state index in [0.29, 0.717) is 36.9 Å². The summed E-state index contributed by atoms with van der Waals surface area (Å²) in [6, 6.07) is 14.5. The first-order valence-corrected chi connectivity index (χ1v) is 15.5. The number of halogens is 3. The second-order valence-corrected chi connectivity index (χ2v) is 12.1. The van der Waals surface area contributed by atoms with E-state index in [1.54, 1.807) is 36.5 Å². The number of carboxylic acids is 1. The maximum Gasteiger partial charge on any atom is 0.326 e. The molecule has 0 bridgehead atoms. The van der Waals surface area contributed by atoms with Crippen molar-refractivity contribution in [1.82, 2.24) is 10.6 Å². The highest BCUT2D eigenvalue weighted by molar-refractivity contribution is 6.40. The van der Waals surface area contributed by atoms with Gasteiger partial charge in [-0.05, 0) is 77.4 Å². The molecule has 0 spiro atoms. The summed E-state index contributed by atoms with van der Waals surface area (Å²) in [4.78, 5) is 58.7. The molecule has 238 valence electrons. The van der Waals surface area contributed by atoms with Crippen LogP contribution in [0.2, 0.25) is 10.0 Å². The van der Waals surface area contributed by atoms with Crippen molar-refractivity contribution < 1.29 is 28.7 Å². The molecule has 0 saturated heterocycles. The number of nitrogens with one attached hydrogen (secondary N) is 2. The highest BCUT2D eigenvalue weighted by atomic mass is 35.5. The van der Waals surface area contributed by atoms with Gasteiger partial charge in [-0.3, -0.25) is 24.4 Å². The van der Waals surface area contributed by atoms with Gasteiger partial charge in [0.1, 0.15) is 12.2 Å². The summed E-state index contributed by atoms with van der Waals surface area (Å²) in [7, 11) is 0. The Labute approximate surface area is 274 Å². The largest absolute Gasteiger partial charge is 0.480 e. The molecule has 46 heavy (non-hydrogen) atoms. The van der Waals surface area contributed by atoms with Gasteiger partial charge in [0, 0.05) is 30.3 Å². The number of aliphatic imine (C=N–C) groups is 2. The summed E-state index contributed by atoms with van der Waals surface area (Å²) in [6.07, 6.45) is 1.99. The summed E-state index contributed by atoms with van der Waals surface area (Å²) in [6.45, 7) is 0.416. The van der Waals surface area contributed by atoms with Gasteiger partial charge in [0.05, 0.1) is 35.2 Å². The van der Waals surface area contributed by atoms with Gasteiger partial charge in [-0.15, -0.1) is 0 Å². The van der Waals surface area contributed by atoms with Crippen LogP contribution in [0.4, 0.5) is 4.39 Å². The zero-order chi connectivity index (χ0) is 32.8. The first-order valence-electron chi connectivity index (χ1n) is 14.8. The van der Waals surface area contributed by atoms with E-state index in [1.165, 1.54) is 0 Å². The molecule has 0 aliphatic carbocycles. The number of alkyl halides is 1. The average Bonchev–Trinajstić information content (AvgIpc) is 3.51. The average molecular weight is 666 g/mol. The molecule has 3 aromatic carbocycles. The molecule has 3 aromatic rings. The minimum atomic E-state index is -1.40. The van der Waals surface area contributed by atoms with E-state index in [1.807, 2.05) is 24.3 Å². The molecule has 2 amide bonds. The number of benzene rings is 3. The fourth-order valence-electron chi connectivity index (χ4n) is 5.33. The standard InChI is InChI=1S/C34H31Cl2FN4O5/c35-28-13-23(20-4-5-22-15-38-16-24(22)12-20)14-29(36)31(28)33(44)41-30(34(45)46)9-8-27(42)18-40-32(43)21-3-1-2-19(10-21)11-26-7-6-25(37)17-39-26/h1-5,10,12-15,25,30H,6-9,11,16-18H2,(H,40,43)(H,41,44)(H,45,46)/t25?,30-/m0/s1. The lowest BCUT2D eigenvalue weighted by molar-refractivity contribution is -0.139. The molecule has 0 radical (unpaired) electrons. The molecule has 5 rings (SSSR count). The van der Waals surface area contributed by atoms with Gasteiger partial charge in [0.25, 0.3) is 11.8 Å². The summed E-state index contributed by atoms with van der Waals surface area (Å²) >= 11 is 12.9. The van der Waals surface area contributed by atoms with Crippen LogP contribution in [0.5, 0.6) is 0 Å². The lowest BCUT2D eigenvalue weighted by Gasteiger charge is -2.16. The number of carbonyl (C=O) groups is 4. The molecule has 3 N–H and O–H groups in total.